The van der Waals surface area contributed by atoms with Crippen LogP contribution in [0.3, 0.4) is 0 Å². The second-order valence-electron chi connectivity index (χ2n) is 7.58. The summed E-state index contributed by atoms with van der Waals surface area (Å²) >= 11 is 0. The molecule has 0 spiro atoms. The number of hydrogen-bond acceptors (Lipinski definition) is 2. The third kappa shape index (κ3) is 3.15. The number of fused-ring (bicyclic) bond motifs is 1. The molecule has 3 nitrogen and oxygen atoms in total. The van der Waals surface area contributed by atoms with Gasteiger partial charge in [0.25, 0.3) is 0 Å². The molecule has 0 aliphatic heterocycles. The van der Waals surface area contributed by atoms with Crippen molar-refractivity contribution in [2.45, 2.75) is 19.8 Å². The van der Waals surface area contributed by atoms with Gasteiger partial charge in [0.05, 0.1) is 5.69 Å². The molecule has 0 bridgehead atoms. The van der Waals surface area contributed by atoms with Gasteiger partial charge in [0.15, 0.2) is 0 Å². The van der Waals surface area contributed by atoms with Crippen molar-refractivity contribution in [2.75, 3.05) is 0 Å². The minimum absolute atomic E-state index is 0.508. The molecule has 3 aromatic carbocycles. The van der Waals surface area contributed by atoms with Gasteiger partial charge in [0.2, 0.25) is 0 Å². The van der Waals surface area contributed by atoms with Crippen LogP contribution in [0.1, 0.15) is 25.3 Å². The first-order chi connectivity index (χ1) is 14.2. The van der Waals surface area contributed by atoms with Crippen LogP contribution in [0.5, 0.6) is 0 Å². The van der Waals surface area contributed by atoms with Crippen LogP contribution in [0.15, 0.2) is 95.7 Å². The minimum Gasteiger partial charge on any atom is -0.432 e. The van der Waals surface area contributed by atoms with E-state index in [1.165, 1.54) is 16.7 Å². The van der Waals surface area contributed by atoms with Gasteiger partial charge in [-0.15, -0.1) is 0 Å². The van der Waals surface area contributed by atoms with E-state index in [0.29, 0.717) is 11.8 Å². The third-order valence-corrected chi connectivity index (χ3v) is 5.38. The van der Waals surface area contributed by atoms with Crippen LogP contribution >= 0.6 is 0 Å². The molecule has 0 saturated heterocycles. The molecule has 5 aromatic rings. The number of oxazole rings is 1. The molecule has 29 heavy (non-hydrogen) atoms. The summed E-state index contributed by atoms with van der Waals surface area (Å²) in [7, 11) is 0. The highest BCUT2D eigenvalue weighted by Gasteiger charge is 2.18. The largest absolute Gasteiger partial charge is 0.432 e. The summed E-state index contributed by atoms with van der Waals surface area (Å²) in [5.41, 5.74) is 7.92. The maximum Gasteiger partial charge on any atom is 0.306 e. The molecule has 2 aromatic heterocycles. The molecule has 2 heterocycles. The summed E-state index contributed by atoms with van der Waals surface area (Å²) < 4.78 is 7.61. The average Bonchev–Trinajstić information content (AvgIpc) is 3.36. The number of nitrogens with zero attached hydrogens (tertiary/aromatic N) is 2. The quantitative estimate of drug-likeness (QED) is 0.335. The lowest BCUT2D eigenvalue weighted by molar-refractivity contribution is 0.596. The zero-order valence-electron chi connectivity index (χ0n) is 16.5. The van der Waals surface area contributed by atoms with Gasteiger partial charge in [-0.05, 0) is 22.6 Å². The van der Waals surface area contributed by atoms with Crippen molar-refractivity contribution in [3.63, 3.8) is 0 Å². The van der Waals surface area contributed by atoms with E-state index in [4.69, 9.17) is 9.40 Å². The first-order valence-corrected chi connectivity index (χ1v) is 9.92. The van der Waals surface area contributed by atoms with Crippen molar-refractivity contribution in [2.24, 2.45) is 0 Å². The fraction of sp³-hybridized carbons (Fsp3) is 0.115. The normalized spacial score (nSPS) is 11.4. The van der Waals surface area contributed by atoms with Gasteiger partial charge in [0, 0.05) is 17.3 Å². The van der Waals surface area contributed by atoms with E-state index in [9.17, 15) is 0 Å². The molecule has 5 rings (SSSR count). The number of rotatable bonds is 4. The maximum atomic E-state index is 5.59. The molecule has 142 valence electrons. The van der Waals surface area contributed by atoms with Gasteiger partial charge in [-0.2, -0.15) is 4.98 Å². The molecule has 3 heteroatoms. The molecule has 0 amide bonds. The SMILES string of the molecule is CC(C)c1ccc(-c2c(-c3ccc(-c4ccccc4)cc3)nc3occn23)cc1. The van der Waals surface area contributed by atoms with E-state index in [1.807, 2.05) is 16.7 Å². The molecule has 0 N–H and O–H groups in total. The first kappa shape index (κ1) is 17.5. The topological polar surface area (TPSA) is 30.4 Å². The Bertz CT molecular complexity index is 1240. The summed E-state index contributed by atoms with van der Waals surface area (Å²) in [5, 5.41) is 0. The molecule has 0 aliphatic rings. The number of benzene rings is 3. The highest BCUT2D eigenvalue weighted by atomic mass is 16.3. The van der Waals surface area contributed by atoms with Gasteiger partial charge < -0.3 is 4.42 Å². The Labute approximate surface area is 170 Å². The van der Waals surface area contributed by atoms with Crippen LogP contribution in [0, 0.1) is 0 Å². The summed E-state index contributed by atoms with van der Waals surface area (Å²) in [5.74, 6) is 1.11. The monoisotopic (exact) mass is 378 g/mol. The number of hydrogen-bond donors (Lipinski definition) is 0. The van der Waals surface area contributed by atoms with Crippen LogP contribution in [0.2, 0.25) is 0 Å². The third-order valence-electron chi connectivity index (χ3n) is 5.38. The highest BCUT2D eigenvalue weighted by Crippen LogP contribution is 2.34. The van der Waals surface area contributed by atoms with Crippen molar-refractivity contribution < 1.29 is 4.42 Å². The van der Waals surface area contributed by atoms with Crippen molar-refractivity contribution in [1.82, 2.24) is 9.38 Å². The predicted octanol–water partition coefficient (Wildman–Crippen LogP) is 7.05. The van der Waals surface area contributed by atoms with Crippen LogP contribution in [0.4, 0.5) is 0 Å². The second-order valence-corrected chi connectivity index (χ2v) is 7.58. The maximum absolute atomic E-state index is 5.59. The highest BCUT2D eigenvalue weighted by molar-refractivity contribution is 5.82. The Kier molecular flexibility index (Phi) is 4.28. The molecule has 0 radical (unpaired) electrons. The summed E-state index contributed by atoms with van der Waals surface area (Å²) in [4.78, 5) is 4.78. The van der Waals surface area contributed by atoms with Crippen molar-refractivity contribution in [3.05, 3.63) is 96.9 Å². The summed E-state index contributed by atoms with van der Waals surface area (Å²) in [6.45, 7) is 4.42. The van der Waals surface area contributed by atoms with E-state index in [2.05, 4.69) is 86.6 Å². The summed E-state index contributed by atoms with van der Waals surface area (Å²) in [6.07, 6.45) is 3.60. The Hall–Kier alpha value is -3.59. The van der Waals surface area contributed by atoms with Crippen LogP contribution in [-0.4, -0.2) is 9.38 Å². The number of imidazole rings is 1. The Morgan fingerprint density at radius 2 is 1.34 bits per heavy atom. The lowest BCUT2D eigenvalue weighted by Crippen LogP contribution is -1.90. The average molecular weight is 378 g/mol. The molecule has 0 atom stereocenters. The fourth-order valence-electron chi connectivity index (χ4n) is 3.74. The Morgan fingerprint density at radius 1 is 0.724 bits per heavy atom. The molecule has 0 unspecified atom stereocenters. The molecule has 0 aliphatic carbocycles. The van der Waals surface area contributed by atoms with Gasteiger partial charge in [-0.1, -0.05) is 92.7 Å². The van der Waals surface area contributed by atoms with Gasteiger partial charge in [-0.25, -0.2) is 0 Å². The smallest absolute Gasteiger partial charge is 0.306 e. The van der Waals surface area contributed by atoms with E-state index >= 15 is 0 Å². The Balaban J connectivity index is 1.60. The lowest BCUT2D eigenvalue weighted by atomic mass is 9.98. The van der Waals surface area contributed by atoms with E-state index in [-0.39, 0.29) is 0 Å². The molecule has 0 saturated carbocycles. The number of aromatic nitrogens is 2. The van der Waals surface area contributed by atoms with Gasteiger partial charge in [0.1, 0.15) is 12.0 Å². The summed E-state index contributed by atoms with van der Waals surface area (Å²) in [6, 6.07) is 27.7. The zero-order chi connectivity index (χ0) is 19.8. The lowest BCUT2D eigenvalue weighted by Gasteiger charge is -2.09. The predicted molar refractivity (Wildman–Crippen MR) is 118 cm³/mol. The zero-order valence-corrected chi connectivity index (χ0v) is 16.5. The standard InChI is InChI=1S/C26H22N2O/c1-18(2)19-8-14-23(15-9-19)25-24(27-26-28(25)16-17-29-26)22-12-10-21(11-13-22)20-6-4-3-5-7-20/h3-18H,1-2H3. The van der Waals surface area contributed by atoms with Crippen molar-refractivity contribution >= 4 is 5.84 Å². The van der Waals surface area contributed by atoms with E-state index in [1.54, 1.807) is 6.26 Å². The van der Waals surface area contributed by atoms with Gasteiger partial charge >= 0.3 is 5.84 Å². The Morgan fingerprint density at radius 3 is 2.03 bits per heavy atom. The fourth-order valence-corrected chi connectivity index (χ4v) is 3.74. The molecular formula is C26H22N2O. The van der Waals surface area contributed by atoms with Crippen molar-refractivity contribution in [3.8, 4) is 33.6 Å². The van der Waals surface area contributed by atoms with Gasteiger partial charge in [-0.3, -0.25) is 4.40 Å². The van der Waals surface area contributed by atoms with E-state index in [0.717, 1.165) is 22.5 Å². The second kappa shape index (κ2) is 7.10. The van der Waals surface area contributed by atoms with Crippen molar-refractivity contribution in [1.29, 1.82) is 0 Å². The minimum atomic E-state index is 0.508. The molecule has 0 fully saturated rings. The van der Waals surface area contributed by atoms with Crippen LogP contribution in [-0.2, 0) is 0 Å². The van der Waals surface area contributed by atoms with Crippen LogP contribution in [0.25, 0.3) is 39.5 Å². The van der Waals surface area contributed by atoms with E-state index < -0.39 is 0 Å². The molecular weight excluding hydrogens is 356 g/mol. The first-order valence-electron chi connectivity index (χ1n) is 9.92. The van der Waals surface area contributed by atoms with Crippen LogP contribution < -0.4 is 0 Å².